The first kappa shape index (κ1) is 18.6. The second kappa shape index (κ2) is 7.67. The summed E-state index contributed by atoms with van der Waals surface area (Å²) in [4.78, 5) is 14.4. The topological polar surface area (TPSA) is 68.5 Å². The third-order valence-corrected chi connectivity index (χ3v) is 5.60. The molecule has 4 rings (SSSR count). The SMILES string of the molecule is Cc1nc(NC(C)c2ccc(-n3cncn3)cc2)c2c(CC(C)C)csc2n1. The largest absolute Gasteiger partial charge is 0.363 e. The lowest BCUT2D eigenvalue weighted by Gasteiger charge is -2.17. The molecule has 6 nitrogen and oxygen atoms in total. The van der Waals surface area contributed by atoms with Crippen LogP contribution in [0.4, 0.5) is 5.82 Å². The molecule has 0 spiro atoms. The van der Waals surface area contributed by atoms with Crippen LogP contribution in [0.2, 0.25) is 0 Å². The predicted octanol–water partition coefficient (Wildman–Crippen LogP) is 4.95. The van der Waals surface area contributed by atoms with Gasteiger partial charge in [-0.3, -0.25) is 0 Å². The van der Waals surface area contributed by atoms with Crippen molar-refractivity contribution in [3.05, 3.63) is 59.3 Å². The molecule has 1 unspecified atom stereocenters. The van der Waals surface area contributed by atoms with Gasteiger partial charge in [0.2, 0.25) is 0 Å². The van der Waals surface area contributed by atoms with Gasteiger partial charge in [0.1, 0.15) is 29.1 Å². The minimum absolute atomic E-state index is 0.120. The van der Waals surface area contributed by atoms with Crippen LogP contribution in [0.5, 0.6) is 0 Å². The van der Waals surface area contributed by atoms with Gasteiger partial charge in [0.15, 0.2) is 0 Å². The number of hydrogen-bond donors (Lipinski definition) is 1. The zero-order valence-electron chi connectivity index (χ0n) is 16.5. The second-order valence-electron chi connectivity index (χ2n) is 7.46. The first-order valence-electron chi connectivity index (χ1n) is 9.47. The monoisotopic (exact) mass is 392 g/mol. The number of nitrogens with zero attached hydrogens (tertiary/aromatic N) is 5. The number of thiophene rings is 1. The van der Waals surface area contributed by atoms with Crippen molar-refractivity contribution in [1.82, 2.24) is 24.7 Å². The number of nitrogens with one attached hydrogen (secondary N) is 1. The number of hydrogen-bond acceptors (Lipinski definition) is 6. The molecule has 1 atom stereocenters. The van der Waals surface area contributed by atoms with Crippen molar-refractivity contribution in [2.45, 2.75) is 40.2 Å². The molecule has 0 aliphatic rings. The van der Waals surface area contributed by atoms with Gasteiger partial charge in [0.05, 0.1) is 11.1 Å². The van der Waals surface area contributed by atoms with E-state index in [-0.39, 0.29) is 6.04 Å². The Hall–Kier alpha value is -2.80. The molecule has 0 amide bonds. The zero-order chi connectivity index (χ0) is 19.7. The van der Waals surface area contributed by atoms with Crippen LogP contribution in [-0.2, 0) is 6.42 Å². The summed E-state index contributed by atoms with van der Waals surface area (Å²) >= 11 is 1.70. The van der Waals surface area contributed by atoms with E-state index >= 15 is 0 Å². The quantitative estimate of drug-likeness (QED) is 0.503. The summed E-state index contributed by atoms with van der Waals surface area (Å²) in [7, 11) is 0. The number of aryl methyl sites for hydroxylation is 1. The highest BCUT2D eigenvalue weighted by Gasteiger charge is 2.16. The Balaban J connectivity index is 1.62. The molecule has 3 aromatic heterocycles. The summed E-state index contributed by atoms with van der Waals surface area (Å²) in [5.74, 6) is 2.31. The molecule has 0 aliphatic carbocycles. The van der Waals surface area contributed by atoms with Crippen molar-refractivity contribution in [3.63, 3.8) is 0 Å². The van der Waals surface area contributed by atoms with E-state index in [1.54, 1.807) is 22.3 Å². The van der Waals surface area contributed by atoms with Gasteiger partial charge < -0.3 is 5.32 Å². The second-order valence-corrected chi connectivity index (χ2v) is 8.31. The fourth-order valence-corrected chi connectivity index (χ4v) is 4.35. The summed E-state index contributed by atoms with van der Waals surface area (Å²) in [5, 5.41) is 11.2. The van der Waals surface area contributed by atoms with E-state index in [0.29, 0.717) is 5.92 Å². The standard InChI is InChI=1S/C21H24N6S/c1-13(2)9-17-10-28-21-19(17)20(25-15(4)26-21)24-14(3)16-5-7-18(8-6-16)27-12-22-11-23-27/h5-8,10-14H,9H2,1-4H3,(H,24,25,26). The highest BCUT2D eigenvalue weighted by atomic mass is 32.1. The van der Waals surface area contributed by atoms with Crippen LogP contribution in [0.3, 0.4) is 0 Å². The Labute approximate surface area is 168 Å². The number of anilines is 1. The van der Waals surface area contributed by atoms with Gasteiger partial charge in [0, 0.05) is 6.04 Å². The van der Waals surface area contributed by atoms with E-state index in [0.717, 1.165) is 34.0 Å². The van der Waals surface area contributed by atoms with Crippen molar-refractivity contribution in [1.29, 1.82) is 0 Å². The zero-order valence-corrected chi connectivity index (χ0v) is 17.4. The fraction of sp³-hybridized carbons (Fsp3) is 0.333. The van der Waals surface area contributed by atoms with Crippen molar-refractivity contribution >= 4 is 27.4 Å². The predicted molar refractivity (Wildman–Crippen MR) is 114 cm³/mol. The van der Waals surface area contributed by atoms with Crippen LogP contribution >= 0.6 is 11.3 Å². The van der Waals surface area contributed by atoms with Crippen LogP contribution < -0.4 is 5.32 Å². The molecule has 0 saturated heterocycles. The molecule has 28 heavy (non-hydrogen) atoms. The van der Waals surface area contributed by atoms with Crippen LogP contribution in [0, 0.1) is 12.8 Å². The van der Waals surface area contributed by atoms with Crippen LogP contribution in [0.1, 0.15) is 43.8 Å². The number of rotatable bonds is 6. The third-order valence-electron chi connectivity index (χ3n) is 4.68. The summed E-state index contributed by atoms with van der Waals surface area (Å²) in [6, 6.07) is 8.45. The Morgan fingerprint density at radius 2 is 1.89 bits per heavy atom. The van der Waals surface area contributed by atoms with Gasteiger partial charge in [-0.25, -0.2) is 19.6 Å². The maximum Gasteiger partial charge on any atom is 0.139 e. The summed E-state index contributed by atoms with van der Waals surface area (Å²) in [5.41, 5.74) is 3.51. The molecule has 0 saturated carbocycles. The molecular weight excluding hydrogens is 368 g/mol. The number of fused-ring (bicyclic) bond motifs is 1. The van der Waals surface area contributed by atoms with Crippen LogP contribution in [0.15, 0.2) is 42.3 Å². The highest BCUT2D eigenvalue weighted by Crippen LogP contribution is 2.33. The Morgan fingerprint density at radius 1 is 1.11 bits per heavy atom. The van der Waals surface area contributed by atoms with Crippen LogP contribution in [-0.4, -0.2) is 24.7 Å². The molecular formula is C21H24N6S. The van der Waals surface area contributed by atoms with Crippen molar-refractivity contribution in [2.24, 2.45) is 5.92 Å². The molecule has 4 aromatic rings. The fourth-order valence-electron chi connectivity index (χ4n) is 3.35. The van der Waals surface area contributed by atoms with Crippen molar-refractivity contribution in [3.8, 4) is 5.69 Å². The molecule has 144 valence electrons. The van der Waals surface area contributed by atoms with E-state index in [9.17, 15) is 0 Å². The highest BCUT2D eigenvalue weighted by molar-refractivity contribution is 7.17. The van der Waals surface area contributed by atoms with Gasteiger partial charge in [-0.2, -0.15) is 5.10 Å². The maximum atomic E-state index is 4.73. The van der Waals surface area contributed by atoms with E-state index in [1.165, 1.54) is 17.5 Å². The molecule has 1 aromatic carbocycles. The Bertz CT molecular complexity index is 1070. The van der Waals surface area contributed by atoms with Gasteiger partial charge in [-0.1, -0.05) is 26.0 Å². The average Bonchev–Trinajstić information content (AvgIpc) is 3.32. The van der Waals surface area contributed by atoms with E-state index < -0.39 is 0 Å². The number of aromatic nitrogens is 5. The molecule has 1 N–H and O–H groups in total. The van der Waals surface area contributed by atoms with Gasteiger partial charge in [0.25, 0.3) is 0 Å². The smallest absolute Gasteiger partial charge is 0.139 e. The van der Waals surface area contributed by atoms with Gasteiger partial charge in [-0.05, 0) is 54.8 Å². The summed E-state index contributed by atoms with van der Waals surface area (Å²) < 4.78 is 1.75. The Kier molecular flexibility index (Phi) is 5.09. The first-order chi connectivity index (χ1) is 13.5. The van der Waals surface area contributed by atoms with Crippen molar-refractivity contribution < 1.29 is 0 Å². The van der Waals surface area contributed by atoms with E-state index in [1.807, 2.05) is 6.92 Å². The average molecular weight is 393 g/mol. The van der Waals surface area contributed by atoms with E-state index in [4.69, 9.17) is 4.98 Å². The molecule has 7 heteroatoms. The van der Waals surface area contributed by atoms with Gasteiger partial charge in [-0.15, -0.1) is 11.3 Å². The maximum absolute atomic E-state index is 4.73. The third kappa shape index (κ3) is 3.75. The minimum Gasteiger partial charge on any atom is -0.363 e. The lowest BCUT2D eigenvalue weighted by molar-refractivity contribution is 0.651. The minimum atomic E-state index is 0.120. The van der Waals surface area contributed by atoms with Crippen LogP contribution in [0.25, 0.3) is 15.9 Å². The Morgan fingerprint density at radius 3 is 2.57 bits per heavy atom. The van der Waals surface area contributed by atoms with Crippen molar-refractivity contribution in [2.75, 3.05) is 5.32 Å². The van der Waals surface area contributed by atoms with Gasteiger partial charge >= 0.3 is 0 Å². The molecule has 3 heterocycles. The first-order valence-corrected chi connectivity index (χ1v) is 10.4. The lowest BCUT2D eigenvalue weighted by Crippen LogP contribution is -2.10. The molecule has 0 bridgehead atoms. The van der Waals surface area contributed by atoms with E-state index in [2.05, 4.69) is 70.8 Å². The summed E-state index contributed by atoms with van der Waals surface area (Å²) in [6.07, 6.45) is 4.27. The molecule has 0 fully saturated rings. The lowest BCUT2D eigenvalue weighted by atomic mass is 10.0. The summed E-state index contributed by atoms with van der Waals surface area (Å²) in [6.45, 7) is 8.59. The normalized spacial score (nSPS) is 12.6. The molecule has 0 aliphatic heterocycles. The molecule has 0 radical (unpaired) electrons. The number of benzene rings is 1.